The molecular formula is C16H26N2O2S. The third-order valence-corrected chi connectivity index (χ3v) is 5.52. The van der Waals surface area contributed by atoms with Crippen LogP contribution < -0.4 is 0 Å². The molecule has 1 aliphatic heterocycles. The summed E-state index contributed by atoms with van der Waals surface area (Å²) in [5.74, 6) is 0.165. The molecule has 1 fully saturated rings. The van der Waals surface area contributed by atoms with Crippen molar-refractivity contribution in [3.63, 3.8) is 0 Å². The van der Waals surface area contributed by atoms with Crippen LogP contribution in [0.1, 0.15) is 40.4 Å². The van der Waals surface area contributed by atoms with E-state index >= 15 is 0 Å². The number of hydrogen-bond donors (Lipinski definition) is 1. The van der Waals surface area contributed by atoms with E-state index in [4.69, 9.17) is 0 Å². The summed E-state index contributed by atoms with van der Waals surface area (Å²) in [6.45, 7) is 10.1. The number of carbonyl (C=O) groups is 1. The molecule has 118 valence electrons. The lowest BCUT2D eigenvalue weighted by Crippen LogP contribution is -2.50. The number of carbonyl (C=O) groups excluding carboxylic acids is 1. The van der Waals surface area contributed by atoms with Gasteiger partial charge in [0.05, 0.1) is 11.0 Å². The minimum Gasteiger partial charge on any atom is -0.392 e. The van der Waals surface area contributed by atoms with Gasteiger partial charge in [0, 0.05) is 37.6 Å². The van der Waals surface area contributed by atoms with Crippen molar-refractivity contribution in [3.8, 4) is 0 Å². The number of β-amino-alcohol motifs (C(OH)–C–C–N with tert-alkyl or cyclic N) is 1. The monoisotopic (exact) mass is 310 g/mol. The Morgan fingerprint density at radius 3 is 2.52 bits per heavy atom. The largest absolute Gasteiger partial charge is 0.392 e. The van der Waals surface area contributed by atoms with E-state index in [1.54, 1.807) is 11.3 Å². The lowest BCUT2D eigenvalue weighted by Gasteiger charge is -2.35. The minimum absolute atomic E-state index is 0.165. The highest BCUT2D eigenvalue weighted by atomic mass is 32.1. The van der Waals surface area contributed by atoms with Gasteiger partial charge in [0.25, 0.3) is 5.91 Å². The van der Waals surface area contributed by atoms with Gasteiger partial charge in [-0.3, -0.25) is 9.69 Å². The lowest BCUT2D eigenvalue weighted by atomic mass is 10.2. The molecule has 2 rings (SSSR count). The van der Waals surface area contributed by atoms with Crippen molar-refractivity contribution in [3.05, 3.63) is 21.4 Å². The predicted octanol–water partition coefficient (Wildman–Crippen LogP) is 2.15. The quantitative estimate of drug-likeness (QED) is 0.906. The van der Waals surface area contributed by atoms with Gasteiger partial charge in [0.15, 0.2) is 0 Å². The van der Waals surface area contributed by atoms with Crippen LogP contribution >= 0.6 is 11.3 Å². The molecule has 0 aliphatic carbocycles. The first-order chi connectivity index (χ1) is 10.0. The van der Waals surface area contributed by atoms with Crippen LogP contribution in [0.25, 0.3) is 0 Å². The van der Waals surface area contributed by atoms with Crippen molar-refractivity contribution in [2.45, 2.75) is 39.7 Å². The van der Waals surface area contributed by atoms with E-state index in [0.717, 1.165) is 50.4 Å². The van der Waals surface area contributed by atoms with E-state index < -0.39 is 0 Å². The Labute approximate surface area is 131 Å². The Kier molecular flexibility index (Phi) is 5.79. The lowest BCUT2D eigenvalue weighted by molar-refractivity contribution is 0.0527. The number of aliphatic hydroxyl groups excluding tert-OH is 1. The summed E-state index contributed by atoms with van der Waals surface area (Å²) < 4.78 is 0. The zero-order chi connectivity index (χ0) is 15.4. The number of aliphatic hydroxyl groups is 1. The summed E-state index contributed by atoms with van der Waals surface area (Å²) in [4.78, 5) is 18.9. The van der Waals surface area contributed by atoms with Gasteiger partial charge in [-0.1, -0.05) is 13.8 Å². The van der Waals surface area contributed by atoms with Crippen molar-refractivity contribution >= 4 is 17.2 Å². The van der Waals surface area contributed by atoms with E-state index in [0.29, 0.717) is 0 Å². The van der Waals surface area contributed by atoms with Gasteiger partial charge >= 0.3 is 0 Å². The molecule has 0 saturated carbocycles. The first-order valence-corrected chi connectivity index (χ1v) is 8.65. The summed E-state index contributed by atoms with van der Waals surface area (Å²) in [6, 6.07) is 2.03. The van der Waals surface area contributed by atoms with Crippen LogP contribution in [0.2, 0.25) is 0 Å². The summed E-state index contributed by atoms with van der Waals surface area (Å²) >= 11 is 1.63. The molecule has 1 unspecified atom stereocenters. The van der Waals surface area contributed by atoms with Crippen LogP contribution in [-0.2, 0) is 6.42 Å². The zero-order valence-corrected chi connectivity index (χ0v) is 14.1. The van der Waals surface area contributed by atoms with Gasteiger partial charge in [0.2, 0.25) is 0 Å². The number of rotatable bonds is 5. The Balaban J connectivity index is 1.90. The second kappa shape index (κ2) is 7.38. The summed E-state index contributed by atoms with van der Waals surface area (Å²) in [5.41, 5.74) is 1.23. The van der Waals surface area contributed by atoms with Gasteiger partial charge < -0.3 is 10.0 Å². The third-order valence-electron chi connectivity index (χ3n) is 4.15. The molecule has 1 aliphatic rings. The van der Waals surface area contributed by atoms with Gasteiger partial charge in [-0.2, -0.15) is 0 Å². The van der Waals surface area contributed by atoms with E-state index in [2.05, 4.69) is 18.7 Å². The molecule has 0 radical (unpaired) electrons. The third kappa shape index (κ3) is 4.05. The van der Waals surface area contributed by atoms with Gasteiger partial charge in [-0.25, -0.2) is 0 Å². The van der Waals surface area contributed by atoms with Gasteiger partial charge in [-0.05, 0) is 31.4 Å². The zero-order valence-electron chi connectivity index (χ0n) is 13.3. The maximum Gasteiger partial charge on any atom is 0.264 e. The first-order valence-electron chi connectivity index (χ1n) is 7.84. The molecule has 0 aromatic carbocycles. The smallest absolute Gasteiger partial charge is 0.264 e. The summed E-state index contributed by atoms with van der Waals surface area (Å²) in [7, 11) is 0. The molecule has 1 atom stereocenters. The van der Waals surface area contributed by atoms with Crippen LogP contribution in [0, 0.1) is 6.92 Å². The number of aryl methyl sites for hydroxylation is 2. The SMILES string of the molecule is CCc1sc(C(=O)N2CCN(CC(O)CC)CC2)cc1C. The Morgan fingerprint density at radius 1 is 1.33 bits per heavy atom. The highest BCUT2D eigenvalue weighted by Gasteiger charge is 2.24. The second-order valence-electron chi connectivity index (χ2n) is 5.73. The number of nitrogens with zero attached hydrogens (tertiary/aromatic N) is 2. The minimum atomic E-state index is -0.251. The Bertz CT molecular complexity index is 479. The fraction of sp³-hybridized carbons (Fsp3) is 0.688. The average molecular weight is 310 g/mol. The highest BCUT2D eigenvalue weighted by molar-refractivity contribution is 7.14. The Morgan fingerprint density at radius 2 is 2.00 bits per heavy atom. The number of thiophene rings is 1. The van der Waals surface area contributed by atoms with Gasteiger partial charge in [0.1, 0.15) is 0 Å². The normalized spacial score (nSPS) is 18.0. The molecule has 1 N–H and O–H groups in total. The number of hydrogen-bond acceptors (Lipinski definition) is 4. The second-order valence-corrected chi connectivity index (χ2v) is 6.86. The van der Waals surface area contributed by atoms with Crippen LogP contribution in [-0.4, -0.2) is 59.6 Å². The van der Waals surface area contributed by atoms with Crippen molar-refractivity contribution in [2.24, 2.45) is 0 Å². The molecule has 1 saturated heterocycles. The predicted molar refractivity (Wildman–Crippen MR) is 87.1 cm³/mol. The number of piperazine rings is 1. The van der Waals surface area contributed by atoms with E-state index in [-0.39, 0.29) is 12.0 Å². The summed E-state index contributed by atoms with van der Waals surface area (Å²) in [5, 5.41) is 9.70. The molecule has 1 amide bonds. The highest BCUT2D eigenvalue weighted by Crippen LogP contribution is 2.24. The Hall–Kier alpha value is -0.910. The van der Waals surface area contributed by atoms with Crippen LogP contribution in [0.15, 0.2) is 6.07 Å². The molecule has 5 heteroatoms. The molecule has 2 heterocycles. The molecular weight excluding hydrogens is 284 g/mol. The van der Waals surface area contributed by atoms with Crippen molar-refractivity contribution < 1.29 is 9.90 Å². The first kappa shape index (κ1) is 16.5. The van der Waals surface area contributed by atoms with Crippen LogP contribution in [0.3, 0.4) is 0 Å². The molecule has 4 nitrogen and oxygen atoms in total. The van der Waals surface area contributed by atoms with Crippen LogP contribution in [0.4, 0.5) is 0 Å². The van der Waals surface area contributed by atoms with Crippen molar-refractivity contribution in [1.82, 2.24) is 9.80 Å². The van der Waals surface area contributed by atoms with Crippen LogP contribution in [0.5, 0.6) is 0 Å². The topological polar surface area (TPSA) is 43.8 Å². The summed E-state index contributed by atoms with van der Waals surface area (Å²) in [6.07, 6.45) is 1.53. The molecule has 1 aromatic heterocycles. The van der Waals surface area contributed by atoms with E-state index in [1.807, 2.05) is 17.9 Å². The molecule has 21 heavy (non-hydrogen) atoms. The average Bonchev–Trinajstić information content (AvgIpc) is 2.88. The molecule has 0 bridgehead atoms. The number of amides is 1. The van der Waals surface area contributed by atoms with Gasteiger partial charge in [-0.15, -0.1) is 11.3 Å². The fourth-order valence-electron chi connectivity index (χ4n) is 2.69. The maximum atomic E-state index is 12.5. The van der Waals surface area contributed by atoms with Crippen molar-refractivity contribution in [2.75, 3.05) is 32.7 Å². The molecule has 1 aromatic rings. The standard InChI is InChI=1S/C16H26N2O2S/c1-4-13(19)11-17-6-8-18(9-7-17)16(20)15-10-12(3)14(5-2)21-15/h10,13,19H,4-9,11H2,1-3H3. The van der Waals surface area contributed by atoms with E-state index in [9.17, 15) is 9.90 Å². The van der Waals surface area contributed by atoms with E-state index in [1.165, 1.54) is 10.4 Å². The molecule has 0 spiro atoms. The fourth-order valence-corrected chi connectivity index (χ4v) is 3.77. The maximum absolute atomic E-state index is 12.5. The van der Waals surface area contributed by atoms with Crippen molar-refractivity contribution in [1.29, 1.82) is 0 Å².